The van der Waals surface area contributed by atoms with Crippen LogP contribution in [-0.2, 0) is 6.54 Å². The van der Waals surface area contributed by atoms with Crippen LogP contribution in [0.25, 0.3) is 5.82 Å². The number of hydrogen-bond acceptors (Lipinski definition) is 3. The highest BCUT2D eigenvalue weighted by Crippen LogP contribution is 2.25. The molecule has 2 aromatic heterocycles. The van der Waals surface area contributed by atoms with Crippen LogP contribution < -0.4 is 11.1 Å². The number of nitrogens with zero attached hydrogens (tertiary/aromatic N) is 4. The summed E-state index contributed by atoms with van der Waals surface area (Å²) < 4.78 is 1.83. The van der Waals surface area contributed by atoms with Crippen molar-refractivity contribution in [1.29, 1.82) is 0 Å². The van der Waals surface area contributed by atoms with Gasteiger partial charge in [-0.05, 0) is 42.3 Å². The lowest BCUT2D eigenvalue weighted by molar-refractivity contribution is 0.708. The molecule has 1 atom stereocenters. The summed E-state index contributed by atoms with van der Waals surface area (Å²) in [5.41, 5.74) is 7.91. The minimum Gasteiger partial charge on any atom is -0.370 e. The van der Waals surface area contributed by atoms with Crippen LogP contribution in [0, 0.1) is 0 Å². The second-order valence-electron chi connectivity index (χ2n) is 5.73. The van der Waals surface area contributed by atoms with E-state index in [1.807, 2.05) is 35.9 Å². The lowest BCUT2D eigenvalue weighted by Crippen LogP contribution is -2.34. The van der Waals surface area contributed by atoms with Crippen LogP contribution in [0.5, 0.6) is 0 Å². The van der Waals surface area contributed by atoms with Crippen LogP contribution >= 0.6 is 23.2 Å². The van der Waals surface area contributed by atoms with E-state index in [0.717, 1.165) is 16.9 Å². The molecule has 0 aliphatic rings. The van der Waals surface area contributed by atoms with Gasteiger partial charge in [0, 0.05) is 28.6 Å². The Morgan fingerprint density at radius 1 is 1.27 bits per heavy atom. The molecule has 26 heavy (non-hydrogen) atoms. The Morgan fingerprint density at radius 3 is 2.85 bits per heavy atom. The van der Waals surface area contributed by atoms with Crippen LogP contribution in [0.1, 0.15) is 24.1 Å². The van der Waals surface area contributed by atoms with E-state index in [1.54, 1.807) is 30.9 Å². The molecule has 0 saturated heterocycles. The lowest BCUT2D eigenvalue weighted by Gasteiger charge is -2.16. The zero-order valence-corrected chi connectivity index (χ0v) is 15.6. The fraction of sp³-hybridized carbons (Fsp3) is 0.167. The van der Waals surface area contributed by atoms with E-state index < -0.39 is 0 Å². The molecule has 1 unspecified atom stereocenters. The molecular weight excluding hydrogens is 371 g/mol. The second-order valence-corrected chi connectivity index (χ2v) is 6.57. The molecule has 3 N–H and O–H groups in total. The maximum absolute atomic E-state index is 6.23. The molecule has 0 spiro atoms. The molecule has 6 nitrogen and oxygen atoms in total. The molecule has 0 aliphatic heterocycles. The quantitative estimate of drug-likeness (QED) is 0.515. The molecule has 3 rings (SSSR count). The molecule has 134 valence electrons. The van der Waals surface area contributed by atoms with Crippen molar-refractivity contribution in [2.24, 2.45) is 10.7 Å². The van der Waals surface area contributed by atoms with Crippen molar-refractivity contribution in [3.8, 4) is 5.82 Å². The van der Waals surface area contributed by atoms with E-state index in [2.05, 4.69) is 20.3 Å². The number of nitrogens with two attached hydrogens (primary N) is 1. The van der Waals surface area contributed by atoms with Crippen molar-refractivity contribution >= 4 is 29.2 Å². The van der Waals surface area contributed by atoms with Crippen LogP contribution in [0.3, 0.4) is 0 Å². The SMILES string of the molecule is CC(NC(N)=NCc1ccnc(-n2ccnc2)c1)c1ccc(Cl)cc1Cl. The molecule has 0 amide bonds. The molecule has 0 bridgehead atoms. The van der Waals surface area contributed by atoms with Gasteiger partial charge in [-0.15, -0.1) is 0 Å². The van der Waals surface area contributed by atoms with Gasteiger partial charge in [0.15, 0.2) is 5.96 Å². The third-order valence-corrected chi connectivity index (χ3v) is 4.37. The third kappa shape index (κ3) is 4.53. The topological polar surface area (TPSA) is 81.1 Å². The monoisotopic (exact) mass is 388 g/mol. The maximum atomic E-state index is 6.23. The molecule has 3 aromatic rings. The number of pyridine rings is 1. The van der Waals surface area contributed by atoms with Crippen molar-refractivity contribution in [1.82, 2.24) is 19.9 Å². The molecule has 0 aliphatic carbocycles. The number of halogens is 2. The fourth-order valence-electron chi connectivity index (χ4n) is 2.47. The largest absolute Gasteiger partial charge is 0.370 e. The van der Waals surface area contributed by atoms with E-state index >= 15 is 0 Å². The number of aliphatic imine (C=N–C) groups is 1. The molecule has 0 saturated carbocycles. The molecule has 0 radical (unpaired) electrons. The predicted molar refractivity (Wildman–Crippen MR) is 105 cm³/mol. The van der Waals surface area contributed by atoms with Gasteiger partial charge in [0.05, 0.1) is 12.6 Å². The van der Waals surface area contributed by atoms with Crippen molar-refractivity contribution in [3.05, 3.63) is 76.4 Å². The highest BCUT2D eigenvalue weighted by atomic mass is 35.5. The Labute approximate surface area is 161 Å². The first-order chi connectivity index (χ1) is 12.5. The standard InChI is InChI=1S/C18H18Cl2N6/c1-12(15-3-2-14(19)9-16(15)20)25-18(21)24-10-13-4-5-23-17(8-13)26-7-6-22-11-26/h2-9,11-12H,10H2,1H3,(H3,21,24,25). The smallest absolute Gasteiger partial charge is 0.189 e. The van der Waals surface area contributed by atoms with Crippen molar-refractivity contribution in [2.45, 2.75) is 19.5 Å². The van der Waals surface area contributed by atoms with Crippen molar-refractivity contribution < 1.29 is 0 Å². The van der Waals surface area contributed by atoms with Crippen LogP contribution in [0.2, 0.25) is 10.0 Å². The predicted octanol–water partition coefficient (Wildman–Crippen LogP) is 3.74. The third-order valence-electron chi connectivity index (χ3n) is 3.80. The minimum absolute atomic E-state index is 0.0949. The van der Waals surface area contributed by atoms with Gasteiger partial charge in [-0.25, -0.2) is 15.0 Å². The Kier molecular flexibility index (Phi) is 5.75. The lowest BCUT2D eigenvalue weighted by atomic mass is 10.1. The average Bonchev–Trinajstić information content (AvgIpc) is 3.15. The van der Waals surface area contributed by atoms with E-state index in [4.69, 9.17) is 28.9 Å². The summed E-state index contributed by atoms with van der Waals surface area (Å²) in [6, 6.07) is 9.12. The van der Waals surface area contributed by atoms with E-state index in [0.29, 0.717) is 22.5 Å². The normalized spacial score (nSPS) is 12.8. The van der Waals surface area contributed by atoms with Crippen molar-refractivity contribution in [2.75, 3.05) is 0 Å². The summed E-state index contributed by atoms with van der Waals surface area (Å²) in [5, 5.41) is 4.32. The van der Waals surface area contributed by atoms with Gasteiger partial charge in [-0.2, -0.15) is 0 Å². The van der Waals surface area contributed by atoms with Gasteiger partial charge in [-0.3, -0.25) is 4.57 Å². The molecule has 1 aromatic carbocycles. The average molecular weight is 389 g/mol. The zero-order chi connectivity index (χ0) is 18.5. The maximum Gasteiger partial charge on any atom is 0.189 e. The number of rotatable bonds is 5. The molecule has 2 heterocycles. The number of benzene rings is 1. The summed E-state index contributed by atoms with van der Waals surface area (Å²) >= 11 is 12.2. The Balaban J connectivity index is 1.66. The Hall–Kier alpha value is -2.57. The highest BCUT2D eigenvalue weighted by Gasteiger charge is 2.10. The van der Waals surface area contributed by atoms with E-state index in [-0.39, 0.29) is 6.04 Å². The first-order valence-corrected chi connectivity index (χ1v) is 8.73. The minimum atomic E-state index is -0.0949. The van der Waals surface area contributed by atoms with E-state index in [1.165, 1.54) is 0 Å². The van der Waals surface area contributed by atoms with Gasteiger partial charge < -0.3 is 11.1 Å². The molecule has 8 heteroatoms. The van der Waals surface area contributed by atoms with Crippen LogP contribution in [-0.4, -0.2) is 20.5 Å². The summed E-state index contributed by atoms with van der Waals surface area (Å²) in [6.45, 7) is 2.39. The number of aromatic nitrogens is 3. The second kappa shape index (κ2) is 8.21. The summed E-state index contributed by atoms with van der Waals surface area (Å²) in [7, 11) is 0. The number of nitrogens with one attached hydrogen (secondary N) is 1. The fourth-order valence-corrected chi connectivity index (χ4v) is 3.04. The summed E-state index contributed by atoms with van der Waals surface area (Å²) in [5.74, 6) is 1.12. The van der Waals surface area contributed by atoms with Gasteiger partial charge >= 0.3 is 0 Å². The first-order valence-electron chi connectivity index (χ1n) is 7.97. The molecular formula is C18H18Cl2N6. The van der Waals surface area contributed by atoms with Gasteiger partial charge in [0.1, 0.15) is 12.1 Å². The first kappa shape index (κ1) is 18.2. The Morgan fingerprint density at radius 2 is 2.12 bits per heavy atom. The van der Waals surface area contributed by atoms with Gasteiger partial charge in [0.25, 0.3) is 0 Å². The van der Waals surface area contributed by atoms with E-state index in [9.17, 15) is 0 Å². The Bertz CT molecular complexity index is 908. The van der Waals surface area contributed by atoms with Gasteiger partial charge in [0.2, 0.25) is 0 Å². The highest BCUT2D eigenvalue weighted by molar-refractivity contribution is 6.35. The summed E-state index contributed by atoms with van der Waals surface area (Å²) in [4.78, 5) is 12.7. The zero-order valence-electron chi connectivity index (χ0n) is 14.1. The van der Waals surface area contributed by atoms with Gasteiger partial charge in [-0.1, -0.05) is 29.3 Å². The van der Waals surface area contributed by atoms with Crippen LogP contribution in [0.4, 0.5) is 0 Å². The number of hydrogen-bond donors (Lipinski definition) is 2. The molecule has 0 fully saturated rings. The summed E-state index contributed by atoms with van der Waals surface area (Å²) in [6.07, 6.45) is 6.98. The van der Waals surface area contributed by atoms with Crippen molar-refractivity contribution in [3.63, 3.8) is 0 Å². The van der Waals surface area contributed by atoms with Crippen LogP contribution in [0.15, 0.2) is 60.2 Å². The number of guanidine groups is 1. The number of imidazole rings is 1.